The van der Waals surface area contributed by atoms with Gasteiger partial charge in [0, 0.05) is 0 Å². The quantitative estimate of drug-likeness (QED) is 0.708. The monoisotopic (exact) mass is 326 g/mol. The Balaban J connectivity index is 1.73. The summed E-state index contributed by atoms with van der Waals surface area (Å²) in [5.41, 5.74) is 0.245. The van der Waals surface area contributed by atoms with Crippen LogP contribution in [-0.2, 0) is 6.54 Å². The fourth-order valence-corrected chi connectivity index (χ4v) is 3.07. The molecule has 3 aromatic rings. The molecule has 3 heterocycles. The first-order valence-electron chi connectivity index (χ1n) is 7.96. The van der Waals surface area contributed by atoms with Crippen LogP contribution in [0.4, 0.5) is 0 Å². The highest BCUT2D eigenvalue weighted by Gasteiger charge is 2.30. The van der Waals surface area contributed by atoms with Crippen molar-refractivity contribution in [2.45, 2.75) is 25.0 Å². The normalized spacial score (nSPS) is 17.2. The highest BCUT2D eigenvalue weighted by atomic mass is 16.3. The largest absolute Gasteiger partial charge is 0.388 e. The van der Waals surface area contributed by atoms with E-state index < -0.39 is 5.60 Å². The number of piperidine rings is 1. The van der Waals surface area contributed by atoms with Gasteiger partial charge in [-0.15, -0.1) is 5.10 Å². The van der Waals surface area contributed by atoms with Gasteiger partial charge in [-0.2, -0.15) is 4.68 Å². The maximum absolute atomic E-state index is 12.7. The molecule has 8 heteroatoms. The van der Waals surface area contributed by atoms with Crippen LogP contribution in [0.15, 0.2) is 41.5 Å². The van der Waals surface area contributed by atoms with Crippen molar-refractivity contribution >= 4 is 11.2 Å². The highest BCUT2D eigenvalue weighted by Crippen LogP contribution is 2.20. The van der Waals surface area contributed by atoms with Gasteiger partial charge in [0.1, 0.15) is 6.33 Å². The predicted molar refractivity (Wildman–Crippen MR) is 88.0 cm³/mol. The molecule has 24 heavy (non-hydrogen) atoms. The molecule has 4 rings (SSSR count). The van der Waals surface area contributed by atoms with Gasteiger partial charge < -0.3 is 10.4 Å². The number of aromatic nitrogens is 5. The number of nitrogens with zero attached hydrogens (tertiary/aromatic N) is 5. The number of rotatable bonds is 3. The Morgan fingerprint density at radius 3 is 2.71 bits per heavy atom. The SMILES string of the molecule is O=c1c2nnn(-c3ccccc3)c2ncn1CC1(O)CCNCC1. The van der Waals surface area contributed by atoms with E-state index in [2.05, 4.69) is 20.6 Å². The summed E-state index contributed by atoms with van der Waals surface area (Å²) in [5.74, 6) is 0. The Labute approximate surface area is 137 Å². The summed E-state index contributed by atoms with van der Waals surface area (Å²) >= 11 is 0. The fourth-order valence-electron chi connectivity index (χ4n) is 3.07. The van der Waals surface area contributed by atoms with E-state index in [1.165, 1.54) is 10.9 Å². The molecular weight excluding hydrogens is 308 g/mol. The Kier molecular flexibility index (Phi) is 3.62. The highest BCUT2D eigenvalue weighted by molar-refractivity contribution is 5.70. The summed E-state index contributed by atoms with van der Waals surface area (Å²) in [6.45, 7) is 1.70. The van der Waals surface area contributed by atoms with Gasteiger partial charge in [-0.25, -0.2) is 4.98 Å². The lowest BCUT2D eigenvalue weighted by molar-refractivity contribution is -0.00628. The minimum absolute atomic E-state index is 0.207. The van der Waals surface area contributed by atoms with Gasteiger partial charge >= 0.3 is 0 Å². The van der Waals surface area contributed by atoms with E-state index in [9.17, 15) is 9.90 Å². The van der Waals surface area contributed by atoms with Gasteiger partial charge in [0.2, 0.25) is 0 Å². The van der Waals surface area contributed by atoms with Gasteiger partial charge in [-0.05, 0) is 38.1 Å². The molecule has 0 atom stereocenters. The molecule has 0 aliphatic carbocycles. The molecule has 0 unspecified atom stereocenters. The minimum Gasteiger partial charge on any atom is -0.388 e. The Hall–Kier alpha value is -2.58. The third-order valence-electron chi connectivity index (χ3n) is 4.43. The first kappa shape index (κ1) is 15.0. The molecule has 0 spiro atoms. The average Bonchev–Trinajstić information content (AvgIpc) is 3.03. The van der Waals surface area contributed by atoms with Crippen LogP contribution in [-0.4, -0.2) is 48.3 Å². The van der Waals surface area contributed by atoms with Crippen LogP contribution >= 0.6 is 0 Å². The number of aliphatic hydroxyl groups is 1. The minimum atomic E-state index is -0.889. The molecule has 1 aliphatic heterocycles. The van der Waals surface area contributed by atoms with E-state index in [1.807, 2.05) is 30.3 Å². The number of hydrogen-bond donors (Lipinski definition) is 2. The summed E-state index contributed by atoms with van der Waals surface area (Å²) in [4.78, 5) is 17.0. The van der Waals surface area contributed by atoms with Crippen molar-refractivity contribution in [1.29, 1.82) is 0 Å². The van der Waals surface area contributed by atoms with E-state index in [0.717, 1.165) is 18.8 Å². The van der Waals surface area contributed by atoms with Crippen molar-refractivity contribution in [3.8, 4) is 5.69 Å². The standard InChI is InChI=1S/C16H18N6O2/c23-15-13-14(22(20-19-13)12-4-2-1-3-5-12)18-11-21(15)10-16(24)6-8-17-9-7-16/h1-5,11,17,24H,6-10H2. The number of benzene rings is 1. The van der Waals surface area contributed by atoms with Crippen molar-refractivity contribution < 1.29 is 5.11 Å². The van der Waals surface area contributed by atoms with E-state index in [4.69, 9.17) is 0 Å². The molecule has 0 amide bonds. The van der Waals surface area contributed by atoms with E-state index >= 15 is 0 Å². The van der Waals surface area contributed by atoms with Crippen molar-refractivity contribution in [3.63, 3.8) is 0 Å². The van der Waals surface area contributed by atoms with E-state index in [-0.39, 0.29) is 17.6 Å². The van der Waals surface area contributed by atoms with Crippen molar-refractivity contribution in [1.82, 2.24) is 29.9 Å². The van der Waals surface area contributed by atoms with E-state index in [1.54, 1.807) is 4.68 Å². The molecule has 0 bridgehead atoms. The first-order chi connectivity index (χ1) is 11.7. The molecule has 8 nitrogen and oxygen atoms in total. The summed E-state index contributed by atoms with van der Waals surface area (Å²) in [7, 11) is 0. The lowest BCUT2D eigenvalue weighted by atomic mass is 9.92. The number of nitrogens with one attached hydrogen (secondary N) is 1. The van der Waals surface area contributed by atoms with Crippen molar-refractivity contribution in [2.24, 2.45) is 0 Å². The maximum Gasteiger partial charge on any atom is 0.283 e. The zero-order valence-electron chi connectivity index (χ0n) is 13.1. The molecule has 1 fully saturated rings. The molecule has 2 aromatic heterocycles. The third-order valence-corrected chi connectivity index (χ3v) is 4.43. The van der Waals surface area contributed by atoms with Crippen LogP contribution < -0.4 is 10.9 Å². The van der Waals surface area contributed by atoms with Crippen LogP contribution in [0.5, 0.6) is 0 Å². The Bertz CT molecular complexity index is 911. The van der Waals surface area contributed by atoms with Crippen LogP contribution in [0.3, 0.4) is 0 Å². The van der Waals surface area contributed by atoms with Gasteiger partial charge in [0.15, 0.2) is 11.2 Å². The maximum atomic E-state index is 12.7. The number of hydrogen-bond acceptors (Lipinski definition) is 6. The first-order valence-corrected chi connectivity index (χ1v) is 7.96. The van der Waals surface area contributed by atoms with Crippen molar-refractivity contribution in [2.75, 3.05) is 13.1 Å². The smallest absolute Gasteiger partial charge is 0.283 e. The summed E-state index contributed by atoms with van der Waals surface area (Å²) < 4.78 is 2.97. The Morgan fingerprint density at radius 1 is 1.21 bits per heavy atom. The van der Waals surface area contributed by atoms with Crippen LogP contribution in [0.1, 0.15) is 12.8 Å². The van der Waals surface area contributed by atoms with Gasteiger partial charge in [0.25, 0.3) is 5.56 Å². The van der Waals surface area contributed by atoms with E-state index in [0.29, 0.717) is 18.5 Å². The molecular formula is C16H18N6O2. The second-order valence-corrected chi connectivity index (χ2v) is 6.16. The third kappa shape index (κ3) is 2.59. The second kappa shape index (κ2) is 5.81. The molecule has 124 valence electrons. The van der Waals surface area contributed by atoms with Crippen LogP contribution in [0.2, 0.25) is 0 Å². The lowest BCUT2D eigenvalue weighted by Crippen LogP contribution is -2.46. The van der Waals surface area contributed by atoms with Gasteiger partial charge in [-0.1, -0.05) is 23.4 Å². The predicted octanol–water partition coefficient (Wildman–Crippen LogP) is 0.0917. The van der Waals surface area contributed by atoms with Crippen LogP contribution in [0, 0.1) is 0 Å². The molecule has 0 radical (unpaired) electrons. The second-order valence-electron chi connectivity index (χ2n) is 6.16. The summed E-state index contributed by atoms with van der Waals surface area (Å²) in [6, 6.07) is 9.42. The molecule has 1 saturated heterocycles. The summed E-state index contributed by atoms with van der Waals surface area (Å²) in [5, 5.41) is 21.9. The molecule has 1 aliphatic rings. The lowest BCUT2D eigenvalue weighted by Gasteiger charge is -2.32. The Morgan fingerprint density at radius 2 is 1.96 bits per heavy atom. The van der Waals surface area contributed by atoms with Crippen LogP contribution in [0.25, 0.3) is 16.9 Å². The molecule has 0 saturated carbocycles. The zero-order valence-corrected chi connectivity index (χ0v) is 13.1. The number of para-hydroxylation sites is 1. The number of fused-ring (bicyclic) bond motifs is 1. The zero-order chi connectivity index (χ0) is 16.6. The topological polar surface area (TPSA) is 97.9 Å². The van der Waals surface area contributed by atoms with Gasteiger partial charge in [0.05, 0.1) is 17.8 Å². The van der Waals surface area contributed by atoms with Crippen molar-refractivity contribution in [3.05, 3.63) is 47.0 Å². The summed E-state index contributed by atoms with van der Waals surface area (Å²) in [6.07, 6.45) is 2.68. The molecule has 1 aromatic carbocycles. The molecule has 2 N–H and O–H groups in total. The fraction of sp³-hybridized carbons (Fsp3) is 0.375. The average molecular weight is 326 g/mol. The van der Waals surface area contributed by atoms with Gasteiger partial charge in [-0.3, -0.25) is 9.36 Å².